The van der Waals surface area contributed by atoms with Gasteiger partial charge in [0.15, 0.2) is 0 Å². The maximum Gasteiger partial charge on any atom is 0.416 e. The van der Waals surface area contributed by atoms with Crippen LogP contribution in [0, 0.1) is 23.2 Å². The summed E-state index contributed by atoms with van der Waals surface area (Å²) in [5.41, 5.74) is 1.78. The number of carbonyl (C=O) groups is 1. The summed E-state index contributed by atoms with van der Waals surface area (Å²) < 4.78 is 43.4. The van der Waals surface area contributed by atoms with Gasteiger partial charge in [-0.1, -0.05) is 6.07 Å². The number of aromatic nitrogens is 1. The number of ether oxygens (including phenoxy) is 1. The van der Waals surface area contributed by atoms with Gasteiger partial charge >= 0.3 is 6.18 Å². The summed E-state index contributed by atoms with van der Waals surface area (Å²) >= 11 is 0. The lowest BCUT2D eigenvalue weighted by molar-refractivity contribution is -0.137. The average Bonchev–Trinajstić information content (AvgIpc) is 3.09. The number of amides is 1. The number of H-pyrrole nitrogens is 1. The molecule has 0 saturated heterocycles. The molecule has 1 amide bonds. The number of anilines is 1. The lowest BCUT2D eigenvalue weighted by Gasteiger charge is -2.29. The Balaban J connectivity index is 1.38. The Bertz CT molecular complexity index is 1130. The Morgan fingerprint density at radius 2 is 1.97 bits per heavy atom. The monoisotopic (exact) mass is 427 g/mol. The number of benzene rings is 2. The van der Waals surface area contributed by atoms with Gasteiger partial charge in [-0.05, 0) is 54.8 Å². The Labute approximate surface area is 176 Å². The number of aromatic amines is 1. The number of nitrogens with one attached hydrogen (secondary N) is 2. The van der Waals surface area contributed by atoms with Crippen molar-refractivity contribution in [1.82, 2.24) is 4.98 Å². The number of fused-ring (bicyclic) bond motifs is 1. The van der Waals surface area contributed by atoms with E-state index in [1.165, 1.54) is 12.1 Å². The average molecular weight is 427 g/mol. The molecule has 1 aliphatic rings. The lowest BCUT2D eigenvalue weighted by atomic mass is 9.74. The zero-order valence-corrected chi connectivity index (χ0v) is 16.5. The van der Waals surface area contributed by atoms with E-state index in [1.807, 2.05) is 18.2 Å². The van der Waals surface area contributed by atoms with E-state index >= 15 is 0 Å². The first-order valence-electron chi connectivity index (χ1n) is 9.95. The van der Waals surface area contributed by atoms with Gasteiger partial charge in [0.1, 0.15) is 5.75 Å². The number of nitrogens with zero attached hydrogens (tertiary/aromatic N) is 1. The first-order valence-corrected chi connectivity index (χ1v) is 9.95. The van der Waals surface area contributed by atoms with Crippen LogP contribution in [0.2, 0.25) is 0 Å². The number of rotatable bonds is 6. The molecule has 0 radical (unpaired) electrons. The quantitative estimate of drug-likeness (QED) is 0.561. The molecular weight excluding hydrogens is 407 g/mol. The van der Waals surface area contributed by atoms with Crippen molar-refractivity contribution in [3.05, 3.63) is 59.8 Å². The van der Waals surface area contributed by atoms with Crippen LogP contribution < -0.4 is 10.1 Å². The summed E-state index contributed by atoms with van der Waals surface area (Å²) in [4.78, 5) is 15.6. The van der Waals surface area contributed by atoms with E-state index in [2.05, 4.69) is 16.4 Å². The van der Waals surface area contributed by atoms with Crippen LogP contribution in [0.5, 0.6) is 5.75 Å². The molecule has 1 heterocycles. The van der Waals surface area contributed by atoms with Crippen molar-refractivity contribution >= 4 is 22.5 Å². The highest BCUT2D eigenvalue weighted by Gasteiger charge is 2.36. The summed E-state index contributed by atoms with van der Waals surface area (Å²) in [6.45, 7) is 0.301. The van der Waals surface area contributed by atoms with Crippen molar-refractivity contribution in [2.45, 2.75) is 25.4 Å². The Morgan fingerprint density at radius 1 is 1.19 bits per heavy atom. The van der Waals surface area contributed by atoms with E-state index in [-0.39, 0.29) is 17.7 Å². The van der Waals surface area contributed by atoms with E-state index < -0.39 is 11.7 Å². The number of nitriles is 1. The second kappa shape index (κ2) is 8.34. The summed E-state index contributed by atoms with van der Waals surface area (Å²) in [5.74, 6) is -0.260. The molecule has 0 aliphatic heterocycles. The van der Waals surface area contributed by atoms with Crippen LogP contribution in [0.25, 0.3) is 10.9 Å². The molecular formula is C23H20F3N3O2. The number of hydrogen-bond donors (Lipinski definition) is 2. The predicted molar refractivity (Wildman–Crippen MR) is 109 cm³/mol. The minimum Gasteiger partial charge on any atom is -0.493 e. The summed E-state index contributed by atoms with van der Waals surface area (Å²) in [6, 6.07) is 12.5. The molecule has 31 heavy (non-hydrogen) atoms. The Kier molecular flexibility index (Phi) is 5.59. The second-order valence-electron chi connectivity index (χ2n) is 7.61. The third-order valence-corrected chi connectivity index (χ3v) is 5.62. The van der Waals surface area contributed by atoms with Gasteiger partial charge in [0.2, 0.25) is 5.91 Å². The minimum atomic E-state index is -4.37. The molecule has 3 aromatic rings. The standard InChI is InChI=1S/C23H20F3N3O2/c24-23(25,26)16-3-5-17(6-4-16)31-10-9-14-1-8-20-19(11-14)21(13-28-20)29-22(30)18-7-2-15(18)12-27/h1,3-6,8,11,13,15,18,28H,2,7,9-10H2,(H,29,30). The molecule has 1 aliphatic carbocycles. The first kappa shape index (κ1) is 20.8. The third kappa shape index (κ3) is 4.50. The van der Waals surface area contributed by atoms with Crippen molar-refractivity contribution < 1.29 is 22.7 Å². The van der Waals surface area contributed by atoms with Gasteiger partial charge in [-0.3, -0.25) is 4.79 Å². The molecule has 1 saturated carbocycles. The Morgan fingerprint density at radius 3 is 2.61 bits per heavy atom. The van der Waals surface area contributed by atoms with Crippen molar-refractivity contribution in [1.29, 1.82) is 5.26 Å². The molecule has 0 spiro atoms. The maximum absolute atomic E-state index is 12.6. The zero-order chi connectivity index (χ0) is 22.0. The van der Waals surface area contributed by atoms with E-state index in [4.69, 9.17) is 10.00 Å². The first-order chi connectivity index (χ1) is 14.8. The number of halogens is 3. The van der Waals surface area contributed by atoms with Crippen molar-refractivity contribution in [3.8, 4) is 11.8 Å². The predicted octanol–water partition coefficient (Wildman–Crippen LogP) is 5.30. The molecule has 0 bridgehead atoms. The van der Waals surface area contributed by atoms with Crippen LogP contribution in [0.3, 0.4) is 0 Å². The molecule has 2 unspecified atom stereocenters. The van der Waals surface area contributed by atoms with Crippen molar-refractivity contribution in [3.63, 3.8) is 0 Å². The highest BCUT2D eigenvalue weighted by atomic mass is 19.4. The van der Waals surface area contributed by atoms with Crippen LogP contribution in [0.1, 0.15) is 24.0 Å². The second-order valence-corrected chi connectivity index (χ2v) is 7.61. The molecule has 160 valence electrons. The fraction of sp³-hybridized carbons (Fsp3) is 0.304. The highest BCUT2D eigenvalue weighted by Crippen LogP contribution is 2.35. The van der Waals surface area contributed by atoms with E-state index in [1.54, 1.807) is 6.20 Å². The fourth-order valence-electron chi connectivity index (χ4n) is 3.65. The zero-order valence-electron chi connectivity index (χ0n) is 16.5. The van der Waals surface area contributed by atoms with Gasteiger partial charge in [-0.2, -0.15) is 18.4 Å². The molecule has 2 N–H and O–H groups in total. The number of alkyl halides is 3. The van der Waals surface area contributed by atoms with Crippen molar-refractivity contribution in [2.75, 3.05) is 11.9 Å². The normalized spacial score (nSPS) is 18.3. The summed E-state index contributed by atoms with van der Waals surface area (Å²) in [6.07, 6.45) is -0.615. The molecule has 5 nitrogen and oxygen atoms in total. The fourth-order valence-corrected chi connectivity index (χ4v) is 3.65. The topological polar surface area (TPSA) is 77.9 Å². The summed E-state index contributed by atoms with van der Waals surface area (Å²) in [5, 5.41) is 12.8. The SMILES string of the molecule is N#CC1CCC1C(=O)Nc1c[nH]c2ccc(CCOc3ccc(C(F)(F)F)cc3)cc12. The van der Waals surface area contributed by atoms with E-state index in [0.29, 0.717) is 24.5 Å². The van der Waals surface area contributed by atoms with Gasteiger partial charge < -0.3 is 15.0 Å². The van der Waals surface area contributed by atoms with Gasteiger partial charge in [0.05, 0.1) is 35.8 Å². The van der Waals surface area contributed by atoms with Crippen LogP contribution >= 0.6 is 0 Å². The minimum absolute atomic E-state index is 0.144. The molecule has 8 heteroatoms. The molecule has 1 fully saturated rings. The largest absolute Gasteiger partial charge is 0.493 e. The van der Waals surface area contributed by atoms with Gasteiger partial charge in [-0.15, -0.1) is 0 Å². The molecule has 1 aromatic heterocycles. The smallest absolute Gasteiger partial charge is 0.416 e. The van der Waals surface area contributed by atoms with Gasteiger partial charge in [-0.25, -0.2) is 0 Å². The highest BCUT2D eigenvalue weighted by molar-refractivity contribution is 6.02. The molecule has 2 aromatic carbocycles. The van der Waals surface area contributed by atoms with Crippen molar-refractivity contribution in [2.24, 2.45) is 11.8 Å². The maximum atomic E-state index is 12.6. The van der Waals surface area contributed by atoms with Crippen LogP contribution in [-0.4, -0.2) is 17.5 Å². The molecule has 2 atom stereocenters. The van der Waals surface area contributed by atoms with E-state index in [0.717, 1.165) is 41.4 Å². The Hall–Kier alpha value is -3.47. The van der Waals surface area contributed by atoms with Gasteiger partial charge in [0.25, 0.3) is 0 Å². The molecule has 4 rings (SSSR count). The lowest BCUT2D eigenvalue weighted by Crippen LogP contribution is -2.35. The van der Waals surface area contributed by atoms with Crippen LogP contribution in [0.4, 0.5) is 18.9 Å². The number of carbonyl (C=O) groups excluding carboxylic acids is 1. The summed E-state index contributed by atoms with van der Waals surface area (Å²) in [7, 11) is 0. The third-order valence-electron chi connectivity index (χ3n) is 5.62. The number of hydrogen-bond acceptors (Lipinski definition) is 3. The van der Waals surface area contributed by atoms with E-state index in [9.17, 15) is 18.0 Å². The van der Waals surface area contributed by atoms with Gasteiger partial charge in [0, 0.05) is 23.5 Å². The van der Waals surface area contributed by atoms with Crippen LogP contribution in [-0.2, 0) is 17.4 Å². The van der Waals surface area contributed by atoms with Crippen LogP contribution in [0.15, 0.2) is 48.7 Å².